The SMILES string of the molecule is CC#CC(C)(C)OC(=O)c1cccc([S+](c2ccccc2)c2ccccc2)c1. The normalized spacial score (nSPS) is 10.9. The minimum Gasteiger partial charge on any atom is -0.443 e. The van der Waals surface area contributed by atoms with Crippen molar-refractivity contribution < 1.29 is 9.53 Å². The molecule has 0 radical (unpaired) electrons. The van der Waals surface area contributed by atoms with Crippen LogP contribution in [0.5, 0.6) is 0 Å². The second-order valence-corrected chi connectivity index (χ2v) is 8.76. The van der Waals surface area contributed by atoms with Crippen LogP contribution in [0.25, 0.3) is 0 Å². The van der Waals surface area contributed by atoms with Crippen molar-refractivity contribution in [3.63, 3.8) is 0 Å². The maximum atomic E-state index is 12.7. The van der Waals surface area contributed by atoms with E-state index in [1.165, 1.54) is 9.79 Å². The molecule has 0 fully saturated rings. The first-order valence-corrected chi connectivity index (χ1v) is 10.3. The highest BCUT2D eigenvalue weighted by Crippen LogP contribution is 2.31. The molecule has 0 atom stereocenters. The van der Waals surface area contributed by atoms with Gasteiger partial charge in [0, 0.05) is 6.07 Å². The summed E-state index contributed by atoms with van der Waals surface area (Å²) in [6.07, 6.45) is 0. The molecular weight excluding hydrogens is 364 g/mol. The smallest absolute Gasteiger partial charge is 0.339 e. The molecule has 0 amide bonds. The van der Waals surface area contributed by atoms with Crippen LogP contribution in [0.1, 0.15) is 31.1 Å². The maximum absolute atomic E-state index is 12.7. The van der Waals surface area contributed by atoms with Crippen molar-refractivity contribution in [2.24, 2.45) is 0 Å². The molecule has 0 spiro atoms. The van der Waals surface area contributed by atoms with Crippen molar-refractivity contribution in [2.75, 3.05) is 0 Å². The van der Waals surface area contributed by atoms with Gasteiger partial charge in [-0.2, -0.15) is 0 Å². The molecule has 3 heteroatoms. The average molecular weight is 388 g/mol. The van der Waals surface area contributed by atoms with Gasteiger partial charge in [-0.25, -0.2) is 4.79 Å². The van der Waals surface area contributed by atoms with Gasteiger partial charge in [0.05, 0.1) is 16.5 Å². The van der Waals surface area contributed by atoms with E-state index in [1.807, 2.05) is 48.5 Å². The molecular formula is C25H23O2S+. The molecule has 2 nitrogen and oxygen atoms in total. The summed E-state index contributed by atoms with van der Waals surface area (Å²) in [4.78, 5) is 16.2. The molecule has 0 aromatic heterocycles. The molecule has 0 aliphatic rings. The lowest BCUT2D eigenvalue weighted by atomic mass is 10.1. The van der Waals surface area contributed by atoms with Gasteiger partial charge in [0.25, 0.3) is 0 Å². The number of carbonyl (C=O) groups excluding carboxylic acids is 1. The van der Waals surface area contributed by atoms with E-state index in [1.54, 1.807) is 26.8 Å². The number of ether oxygens (including phenoxy) is 1. The van der Waals surface area contributed by atoms with Gasteiger partial charge in [0.1, 0.15) is 0 Å². The van der Waals surface area contributed by atoms with Crippen LogP contribution in [0.15, 0.2) is 99.6 Å². The van der Waals surface area contributed by atoms with Gasteiger partial charge < -0.3 is 4.74 Å². The van der Waals surface area contributed by atoms with Crippen molar-refractivity contribution >= 4 is 16.9 Å². The zero-order valence-corrected chi connectivity index (χ0v) is 17.1. The minimum atomic E-state index is -0.817. The molecule has 0 aliphatic heterocycles. The Balaban J connectivity index is 2.00. The predicted octanol–water partition coefficient (Wildman–Crippen LogP) is 5.74. The monoisotopic (exact) mass is 387 g/mol. The van der Waals surface area contributed by atoms with E-state index in [0.717, 1.165) is 4.90 Å². The van der Waals surface area contributed by atoms with Gasteiger partial charge in [-0.1, -0.05) is 48.4 Å². The van der Waals surface area contributed by atoms with Gasteiger partial charge in [-0.05, 0) is 57.2 Å². The van der Waals surface area contributed by atoms with Crippen LogP contribution >= 0.6 is 0 Å². The molecule has 140 valence electrons. The van der Waals surface area contributed by atoms with Crippen molar-refractivity contribution in [1.29, 1.82) is 0 Å². The van der Waals surface area contributed by atoms with Crippen LogP contribution in [-0.4, -0.2) is 11.6 Å². The van der Waals surface area contributed by atoms with Crippen molar-refractivity contribution in [1.82, 2.24) is 0 Å². The van der Waals surface area contributed by atoms with E-state index in [-0.39, 0.29) is 16.9 Å². The lowest BCUT2D eigenvalue weighted by Crippen LogP contribution is -2.26. The van der Waals surface area contributed by atoms with E-state index >= 15 is 0 Å². The lowest BCUT2D eigenvalue weighted by Gasteiger charge is -2.18. The Morgan fingerprint density at radius 3 is 1.89 bits per heavy atom. The predicted molar refractivity (Wildman–Crippen MR) is 114 cm³/mol. The summed E-state index contributed by atoms with van der Waals surface area (Å²) in [7, 11) is -0.304. The van der Waals surface area contributed by atoms with Crippen LogP contribution in [0.2, 0.25) is 0 Å². The van der Waals surface area contributed by atoms with Gasteiger partial charge in [-0.15, -0.1) is 5.92 Å². The highest BCUT2D eigenvalue weighted by atomic mass is 32.2. The maximum Gasteiger partial charge on any atom is 0.339 e. The fourth-order valence-electron chi connectivity index (χ4n) is 2.89. The molecule has 0 saturated heterocycles. The molecule has 3 aromatic rings. The summed E-state index contributed by atoms with van der Waals surface area (Å²) in [5.74, 6) is 5.37. The summed E-state index contributed by atoms with van der Waals surface area (Å²) in [6.45, 7) is 5.33. The van der Waals surface area contributed by atoms with E-state index in [2.05, 4.69) is 42.2 Å². The van der Waals surface area contributed by atoms with E-state index in [9.17, 15) is 4.79 Å². The molecule has 0 heterocycles. The Kier molecular flexibility index (Phi) is 6.23. The minimum absolute atomic E-state index is 0.304. The van der Waals surface area contributed by atoms with Gasteiger partial charge in [0.15, 0.2) is 20.3 Å². The summed E-state index contributed by atoms with van der Waals surface area (Å²) in [5.41, 5.74) is -0.282. The number of hydrogen-bond donors (Lipinski definition) is 0. The average Bonchev–Trinajstić information content (AvgIpc) is 2.70. The summed E-state index contributed by atoms with van der Waals surface area (Å²) >= 11 is 0. The van der Waals surface area contributed by atoms with Crippen LogP contribution in [-0.2, 0) is 15.6 Å². The summed E-state index contributed by atoms with van der Waals surface area (Å²) in [6, 6.07) is 28.4. The Hall–Kier alpha value is -2.96. The number of benzene rings is 3. The fraction of sp³-hybridized carbons (Fsp3) is 0.160. The Morgan fingerprint density at radius 2 is 1.36 bits per heavy atom. The van der Waals surface area contributed by atoms with Gasteiger partial charge in [-0.3, -0.25) is 0 Å². The Bertz CT molecular complexity index is 959. The second-order valence-electron chi connectivity index (χ2n) is 6.73. The fourth-order valence-corrected chi connectivity index (χ4v) is 5.02. The largest absolute Gasteiger partial charge is 0.443 e. The zero-order chi connectivity index (χ0) is 20.0. The number of esters is 1. The molecule has 0 unspecified atom stereocenters. The molecule has 3 rings (SSSR count). The van der Waals surface area contributed by atoms with E-state index < -0.39 is 5.60 Å². The lowest BCUT2D eigenvalue weighted by molar-refractivity contribution is 0.0204. The Morgan fingerprint density at radius 1 is 0.821 bits per heavy atom. The first-order valence-electron chi connectivity index (χ1n) is 9.12. The standard InChI is InChI=1S/C25H23O2S/c1-4-18-25(2,3)27-24(26)20-12-11-17-23(19-20)28(21-13-7-5-8-14-21)22-15-9-6-10-16-22/h5-17,19H,1-3H3/q+1. The van der Waals surface area contributed by atoms with Crippen molar-refractivity contribution in [2.45, 2.75) is 41.1 Å². The third kappa shape index (κ3) is 4.85. The molecule has 0 N–H and O–H groups in total. The number of rotatable bonds is 5. The topological polar surface area (TPSA) is 26.3 Å². The third-order valence-corrected chi connectivity index (χ3v) is 6.25. The highest BCUT2D eigenvalue weighted by Gasteiger charge is 2.30. The molecule has 28 heavy (non-hydrogen) atoms. The third-order valence-electron chi connectivity index (χ3n) is 4.04. The van der Waals surface area contributed by atoms with Crippen LogP contribution < -0.4 is 0 Å². The molecule has 0 bridgehead atoms. The first kappa shape index (κ1) is 19.8. The van der Waals surface area contributed by atoms with E-state index in [4.69, 9.17) is 4.74 Å². The summed E-state index contributed by atoms with van der Waals surface area (Å²) in [5, 5.41) is 0. The molecule has 3 aromatic carbocycles. The van der Waals surface area contributed by atoms with Crippen molar-refractivity contribution in [3.8, 4) is 11.8 Å². The van der Waals surface area contributed by atoms with Crippen LogP contribution in [0.3, 0.4) is 0 Å². The number of carbonyl (C=O) groups is 1. The van der Waals surface area contributed by atoms with Gasteiger partial charge in [0.2, 0.25) is 0 Å². The van der Waals surface area contributed by atoms with Gasteiger partial charge >= 0.3 is 5.97 Å². The van der Waals surface area contributed by atoms with Crippen LogP contribution in [0.4, 0.5) is 0 Å². The molecule has 0 saturated carbocycles. The first-order chi connectivity index (χ1) is 13.5. The Labute approximate surface area is 169 Å². The second kappa shape index (κ2) is 8.82. The number of hydrogen-bond acceptors (Lipinski definition) is 2. The zero-order valence-electron chi connectivity index (χ0n) is 16.3. The molecule has 0 aliphatic carbocycles. The quantitative estimate of drug-likeness (QED) is 0.317. The van der Waals surface area contributed by atoms with Crippen molar-refractivity contribution in [3.05, 3.63) is 90.5 Å². The highest BCUT2D eigenvalue weighted by molar-refractivity contribution is 7.97. The van der Waals surface area contributed by atoms with Crippen LogP contribution in [0, 0.1) is 11.8 Å². The van der Waals surface area contributed by atoms with E-state index in [0.29, 0.717) is 5.56 Å². The summed E-state index contributed by atoms with van der Waals surface area (Å²) < 4.78 is 5.60.